The van der Waals surface area contributed by atoms with Crippen molar-refractivity contribution in [2.75, 3.05) is 19.5 Å². The zero-order valence-electron chi connectivity index (χ0n) is 13.1. The fourth-order valence-corrected chi connectivity index (χ4v) is 3.76. The summed E-state index contributed by atoms with van der Waals surface area (Å²) in [7, 11) is -2.32. The number of sulfonamides is 1. The van der Waals surface area contributed by atoms with Gasteiger partial charge in [-0.05, 0) is 19.4 Å². The summed E-state index contributed by atoms with van der Waals surface area (Å²) in [6.07, 6.45) is 0. The monoisotopic (exact) mass is 354 g/mol. The molecule has 1 amide bonds. The zero-order chi connectivity index (χ0) is 17.0. The van der Waals surface area contributed by atoms with Gasteiger partial charge in [0.15, 0.2) is 0 Å². The molecule has 1 aromatic heterocycles. The molecule has 0 aliphatic carbocycles. The molecule has 0 saturated heterocycles. The van der Waals surface area contributed by atoms with Gasteiger partial charge in [0.25, 0.3) is 5.91 Å². The van der Waals surface area contributed by atoms with E-state index in [0.717, 1.165) is 16.7 Å². The van der Waals surface area contributed by atoms with Crippen LogP contribution in [0.4, 0.5) is 0 Å². The van der Waals surface area contributed by atoms with Crippen molar-refractivity contribution in [3.05, 3.63) is 40.4 Å². The molecule has 6 nitrogen and oxygen atoms in total. The largest absolute Gasteiger partial charge is 0.384 e. The molecule has 2 rings (SSSR count). The SMILES string of the molecule is COCCS(=O)(=O)NC(=O)c1csc(-c2ccc(C)cc2C)n1. The normalized spacial score (nSPS) is 11.4. The molecule has 0 fully saturated rings. The molecule has 8 heteroatoms. The van der Waals surface area contributed by atoms with E-state index in [2.05, 4.69) is 4.98 Å². The van der Waals surface area contributed by atoms with Crippen LogP contribution < -0.4 is 4.72 Å². The second-order valence-electron chi connectivity index (χ2n) is 5.10. The number of benzene rings is 1. The van der Waals surface area contributed by atoms with Crippen LogP contribution >= 0.6 is 11.3 Å². The van der Waals surface area contributed by atoms with E-state index in [-0.39, 0.29) is 18.1 Å². The van der Waals surface area contributed by atoms with E-state index in [9.17, 15) is 13.2 Å². The molecule has 0 unspecified atom stereocenters. The number of amides is 1. The van der Waals surface area contributed by atoms with Gasteiger partial charge in [-0.3, -0.25) is 4.79 Å². The molecular weight excluding hydrogens is 336 g/mol. The van der Waals surface area contributed by atoms with Crippen LogP contribution in [0, 0.1) is 13.8 Å². The van der Waals surface area contributed by atoms with Crippen molar-refractivity contribution in [2.45, 2.75) is 13.8 Å². The van der Waals surface area contributed by atoms with Crippen molar-refractivity contribution >= 4 is 27.3 Å². The number of thiazole rings is 1. The van der Waals surface area contributed by atoms with Crippen molar-refractivity contribution in [3.8, 4) is 10.6 Å². The van der Waals surface area contributed by atoms with Gasteiger partial charge in [-0.15, -0.1) is 11.3 Å². The van der Waals surface area contributed by atoms with E-state index < -0.39 is 15.9 Å². The van der Waals surface area contributed by atoms with E-state index in [1.807, 2.05) is 36.8 Å². The fraction of sp³-hybridized carbons (Fsp3) is 0.333. The highest BCUT2D eigenvalue weighted by Gasteiger charge is 2.19. The highest BCUT2D eigenvalue weighted by Crippen LogP contribution is 2.27. The van der Waals surface area contributed by atoms with Crippen LogP contribution in [0.1, 0.15) is 21.6 Å². The summed E-state index contributed by atoms with van der Waals surface area (Å²) in [4.78, 5) is 16.3. The first-order valence-corrected chi connectivity index (χ1v) is 9.42. The molecule has 0 saturated carbocycles. The minimum atomic E-state index is -3.72. The summed E-state index contributed by atoms with van der Waals surface area (Å²) >= 11 is 1.30. The molecule has 0 aliphatic rings. The van der Waals surface area contributed by atoms with Gasteiger partial charge in [-0.25, -0.2) is 18.1 Å². The van der Waals surface area contributed by atoms with E-state index in [1.54, 1.807) is 5.38 Å². The third-order valence-corrected chi connectivity index (χ3v) is 5.23. The van der Waals surface area contributed by atoms with Gasteiger partial charge in [0, 0.05) is 18.1 Å². The average Bonchev–Trinajstić information content (AvgIpc) is 2.94. The molecule has 0 aliphatic heterocycles. The molecule has 1 heterocycles. The lowest BCUT2D eigenvalue weighted by molar-refractivity contribution is 0.0977. The number of hydrogen-bond donors (Lipinski definition) is 1. The maximum absolute atomic E-state index is 12.0. The zero-order valence-corrected chi connectivity index (χ0v) is 14.8. The summed E-state index contributed by atoms with van der Waals surface area (Å²) in [5.74, 6) is -1.00. The van der Waals surface area contributed by atoms with Gasteiger partial charge >= 0.3 is 0 Å². The molecule has 0 spiro atoms. The van der Waals surface area contributed by atoms with Crippen LogP contribution in [0.5, 0.6) is 0 Å². The Morgan fingerprint density at radius 1 is 1.35 bits per heavy atom. The maximum atomic E-state index is 12.0. The van der Waals surface area contributed by atoms with Crippen molar-refractivity contribution in [3.63, 3.8) is 0 Å². The van der Waals surface area contributed by atoms with Crippen molar-refractivity contribution in [1.29, 1.82) is 0 Å². The minimum absolute atomic E-state index is 0.0213. The van der Waals surface area contributed by atoms with Crippen molar-refractivity contribution < 1.29 is 17.9 Å². The van der Waals surface area contributed by atoms with E-state index >= 15 is 0 Å². The van der Waals surface area contributed by atoms with Crippen LogP contribution in [-0.2, 0) is 14.8 Å². The van der Waals surface area contributed by atoms with Crippen LogP contribution in [0.15, 0.2) is 23.6 Å². The molecule has 1 aromatic carbocycles. The van der Waals surface area contributed by atoms with Gasteiger partial charge in [0.05, 0.1) is 12.4 Å². The lowest BCUT2D eigenvalue weighted by atomic mass is 10.1. The predicted molar refractivity (Wildman–Crippen MR) is 90.2 cm³/mol. The summed E-state index contributed by atoms with van der Waals surface area (Å²) < 4.78 is 30.1. The highest BCUT2D eigenvalue weighted by atomic mass is 32.2. The van der Waals surface area contributed by atoms with Gasteiger partial charge in [-0.1, -0.05) is 23.8 Å². The number of nitrogens with zero attached hydrogens (tertiary/aromatic N) is 1. The van der Waals surface area contributed by atoms with Crippen molar-refractivity contribution in [2.24, 2.45) is 0 Å². The second kappa shape index (κ2) is 7.20. The van der Waals surface area contributed by atoms with Gasteiger partial charge in [0.2, 0.25) is 10.0 Å². The molecule has 0 radical (unpaired) electrons. The molecule has 0 atom stereocenters. The summed E-state index contributed by atoms with van der Waals surface area (Å²) in [5, 5.41) is 2.23. The smallest absolute Gasteiger partial charge is 0.284 e. The minimum Gasteiger partial charge on any atom is -0.384 e. The average molecular weight is 354 g/mol. The number of rotatable bonds is 6. The number of aryl methyl sites for hydroxylation is 2. The Balaban J connectivity index is 2.17. The van der Waals surface area contributed by atoms with Crippen LogP contribution in [0.2, 0.25) is 0 Å². The van der Waals surface area contributed by atoms with E-state index in [4.69, 9.17) is 4.74 Å². The molecule has 0 bridgehead atoms. The Morgan fingerprint density at radius 2 is 2.09 bits per heavy atom. The number of hydrogen-bond acceptors (Lipinski definition) is 6. The van der Waals surface area contributed by atoms with Crippen LogP contribution in [0.3, 0.4) is 0 Å². The molecular formula is C15H18N2O4S2. The fourth-order valence-electron chi connectivity index (χ4n) is 1.99. The summed E-state index contributed by atoms with van der Waals surface area (Å²) in [6, 6.07) is 5.95. The number of aromatic nitrogens is 1. The molecule has 1 N–H and O–H groups in total. The number of nitrogens with one attached hydrogen (secondary N) is 1. The van der Waals surface area contributed by atoms with Gasteiger partial charge in [-0.2, -0.15) is 0 Å². The first-order valence-electron chi connectivity index (χ1n) is 6.89. The summed E-state index contributed by atoms with van der Waals surface area (Å²) in [6.45, 7) is 3.99. The van der Waals surface area contributed by atoms with Crippen LogP contribution in [-0.4, -0.2) is 38.8 Å². The van der Waals surface area contributed by atoms with Crippen LogP contribution in [0.25, 0.3) is 10.6 Å². The van der Waals surface area contributed by atoms with E-state index in [0.29, 0.717) is 5.01 Å². The number of carbonyl (C=O) groups excluding carboxylic acids is 1. The highest BCUT2D eigenvalue weighted by molar-refractivity contribution is 7.90. The maximum Gasteiger partial charge on any atom is 0.284 e. The van der Waals surface area contributed by atoms with Gasteiger partial charge in [0.1, 0.15) is 10.7 Å². The quantitative estimate of drug-likeness (QED) is 0.859. The predicted octanol–water partition coefficient (Wildman–Crippen LogP) is 2.13. The Kier molecular flexibility index (Phi) is 5.51. The Hall–Kier alpha value is -1.77. The first kappa shape index (κ1) is 17.6. The Bertz CT molecular complexity index is 813. The number of methoxy groups -OCH3 is 1. The Labute approximate surface area is 139 Å². The molecule has 2 aromatic rings. The third-order valence-electron chi connectivity index (χ3n) is 3.15. The summed E-state index contributed by atoms with van der Waals surface area (Å²) in [5.41, 5.74) is 3.22. The Morgan fingerprint density at radius 3 is 2.74 bits per heavy atom. The molecule has 124 valence electrons. The third kappa shape index (κ3) is 4.60. The number of ether oxygens (including phenoxy) is 1. The topological polar surface area (TPSA) is 85.4 Å². The lowest BCUT2D eigenvalue weighted by Gasteiger charge is -2.05. The number of carbonyl (C=O) groups is 1. The van der Waals surface area contributed by atoms with E-state index in [1.165, 1.54) is 18.4 Å². The standard InChI is InChI=1S/C15H18N2O4S2/c1-10-4-5-12(11(2)8-10)15-16-13(9-22-15)14(18)17-23(19,20)7-6-21-3/h4-5,8-9H,6-7H2,1-3H3,(H,17,18). The first-order chi connectivity index (χ1) is 10.8. The lowest BCUT2D eigenvalue weighted by Crippen LogP contribution is -2.33. The molecule has 23 heavy (non-hydrogen) atoms. The van der Waals surface area contributed by atoms with Crippen molar-refractivity contribution in [1.82, 2.24) is 9.71 Å². The second-order valence-corrected chi connectivity index (χ2v) is 7.80. The van der Waals surface area contributed by atoms with Gasteiger partial charge < -0.3 is 4.74 Å².